The number of amides is 2. The number of β-amino-alcohol motifs (C(OH)–C–C–N with tert-alkyl or cyclic N) is 1. The van der Waals surface area contributed by atoms with Gasteiger partial charge in [0.15, 0.2) is 5.60 Å². The third kappa shape index (κ3) is 3.03. The van der Waals surface area contributed by atoms with Crippen LogP contribution >= 0.6 is 0 Å². The van der Waals surface area contributed by atoms with Crippen molar-refractivity contribution in [3.05, 3.63) is 29.8 Å². The highest BCUT2D eigenvalue weighted by Crippen LogP contribution is 2.28. The molecule has 1 unspecified atom stereocenters. The normalized spacial score (nSPS) is 24.7. The Morgan fingerprint density at radius 3 is 2.43 bits per heavy atom. The van der Waals surface area contributed by atoms with Crippen LogP contribution in [0, 0.1) is 0 Å². The molecule has 2 aliphatic heterocycles. The summed E-state index contributed by atoms with van der Waals surface area (Å²) in [4.78, 5) is 28.0. The van der Waals surface area contributed by atoms with Crippen molar-refractivity contribution in [3.8, 4) is 0 Å². The largest absolute Gasteiger partial charge is 0.378 e. The highest BCUT2D eigenvalue weighted by Gasteiger charge is 2.43. The second kappa shape index (κ2) is 6.20. The van der Waals surface area contributed by atoms with Crippen molar-refractivity contribution in [2.75, 3.05) is 31.1 Å². The van der Waals surface area contributed by atoms with E-state index in [0.29, 0.717) is 12.1 Å². The van der Waals surface area contributed by atoms with Crippen LogP contribution in [0.1, 0.15) is 36.0 Å². The number of carbonyl (C=O) groups excluding carboxylic acids is 2. The Bertz CT molecular complexity index is 613. The molecule has 3 N–H and O–H groups in total. The lowest BCUT2D eigenvalue weighted by atomic mass is 10.0. The van der Waals surface area contributed by atoms with Crippen LogP contribution in [-0.4, -0.2) is 53.6 Å². The molecule has 6 heteroatoms. The molecule has 2 saturated heterocycles. The first-order valence-corrected chi connectivity index (χ1v) is 8.17. The van der Waals surface area contributed by atoms with Gasteiger partial charge in [0.25, 0.3) is 11.8 Å². The quantitative estimate of drug-likeness (QED) is 0.861. The molecule has 0 bridgehead atoms. The lowest BCUT2D eigenvalue weighted by molar-refractivity contribution is -0.134. The maximum absolute atomic E-state index is 12.9. The van der Waals surface area contributed by atoms with Gasteiger partial charge in [0.1, 0.15) is 0 Å². The molecule has 1 aromatic rings. The van der Waals surface area contributed by atoms with Gasteiger partial charge in [-0.1, -0.05) is 12.1 Å². The molecular weight excluding hydrogens is 294 g/mol. The molecule has 2 amide bonds. The summed E-state index contributed by atoms with van der Waals surface area (Å²) < 4.78 is 0. The molecule has 0 spiro atoms. The molecule has 0 aromatic heterocycles. The smallest absolute Gasteiger partial charge is 0.256 e. The van der Waals surface area contributed by atoms with E-state index in [2.05, 4.69) is 4.90 Å². The number of hydrogen-bond acceptors (Lipinski definition) is 4. The second-order valence-electron chi connectivity index (χ2n) is 6.44. The summed E-state index contributed by atoms with van der Waals surface area (Å²) in [6.45, 7) is 2.22. The molecule has 0 saturated carbocycles. The lowest BCUT2D eigenvalue weighted by Gasteiger charge is -2.31. The Hall–Kier alpha value is -2.08. The van der Waals surface area contributed by atoms with Crippen molar-refractivity contribution in [2.45, 2.75) is 31.3 Å². The number of piperidine rings is 1. The van der Waals surface area contributed by atoms with Gasteiger partial charge in [0.05, 0.1) is 12.1 Å². The van der Waals surface area contributed by atoms with Gasteiger partial charge in [0, 0.05) is 31.7 Å². The van der Waals surface area contributed by atoms with Crippen LogP contribution in [0.3, 0.4) is 0 Å². The van der Waals surface area contributed by atoms with Crippen molar-refractivity contribution >= 4 is 17.5 Å². The Kier molecular flexibility index (Phi) is 4.26. The Morgan fingerprint density at radius 2 is 1.78 bits per heavy atom. The van der Waals surface area contributed by atoms with Crippen LogP contribution in [0.25, 0.3) is 0 Å². The Morgan fingerprint density at radius 1 is 1.09 bits per heavy atom. The number of para-hydroxylation sites is 1. The highest BCUT2D eigenvalue weighted by molar-refractivity contribution is 6.00. The van der Waals surface area contributed by atoms with Crippen LogP contribution in [0.5, 0.6) is 0 Å². The van der Waals surface area contributed by atoms with Crippen molar-refractivity contribution in [1.29, 1.82) is 0 Å². The van der Waals surface area contributed by atoms with Crippen molar-refractivity contribution in [1.82, 2.24) is 4.90 Å². The number of anilines is 1. The zero-order valence-electron chi connectivity index (χ0n) is 13.2. The molecule has 1 atom stereocenters. The van der Waals surface area contributed by atoms with Gasteiger partial charge in [0.2, 0.25) is 0 Å². The van der Waals surface area contributed by atoms with Gasteiger partial charge >= 0.3 is 0 Å². The minimum Gasteiger partial charge on any atom is -0.378 e. The summed E-state index contributed by atoms with van der Waals surface area (Å²) in [5.74, 6) is -0.916. The molecule has 2 aliphatic rings. The third-order valence-electron chi connectivity index (χ3n) is 4.82. The molecule has 6 nitrogen and oxygen atoms in total. The van der Waals surface area contributed by atoms with E-state index in [0.717, 1.165) is 31.6 Å². The van der Waals surface area contributed by atoms with Crippen LogP contribution in [0.15, 0.2) is 24.3 Å². The summed E-state index contributed by atoms with van der Waals surface area (Å²) in [5.41, 5.74) is 5.21. The molecular formula is C17H23N3O3. The number of nitrogens with zero attached hydrogens (tertiary/aromatic N) is 2. The topological polar surface area (TPSA) is 86.9 Å². The lowest BCUT2D eigenvalue weighted by Crippen LogP contribution is -2.46. The van der Waals surface area contributed by atoms with E-state index in [1.807, 2.05) is 24.3 Å². The monoisotopic (exact) mass is 317 g/mol. The number of carbonyl (C=O) groups is 2. The van der Waals surface area contributed by atoms with E-state index < -0.39 is 11.5 Å². The van der Waals surface area contributed by atoms with E-state index in [9.17, 15) is 14.7 Å². The zero-order valence-corrected chi connectivity index (χ0v) is 13.2. The average molecular weight is 317 g/mol. The predicted octanol–water partition coefficient (Wildman–Crippen LogP) is 0.739. The van der Waals surface area contributed by atoms with Gasteiger partial charge in [-0.15, -0.1) is 0 Å². The van der Waals surface area contributed by atoms with E-state index in [-0.39, 0.29) is 18.9 Å². The summed E-state index contributed by atoms with van der Waals surface area (Å²) in [6, 6.07) is 7.56. The van der Waals surface area contributed by atoms with Crippen molar-refractivity contribution in [2.24, 2.45) is 5.73 Å². The zero-order chi connectivity index (χ0) is 16.4. The Balaban J connectivity index is 1.82. The van der Waals surface area contributed by atoms with E-state index in [1.165, 1.54) is 11.3 Å². The molecule has 124 valence electrons. The number of aliphatic hydroxyl groups is 1. The average Bonchev–Trinajstić information content (AvgIpc) is 2.99. The first-order valence-electron chi connectivity index (χ1n) is 8.17. The van der Waals surface area contributed by atoms with Crippen LogP contribution in [0.4, 0.5) is 5.69 Å². The summed E-state index contributed by atoms with van der Waals surface area (Å²) in [7, 11) is 0. The van der Waals surface area contributed by atoms with Crippen LogP contribution in [0.2, 0.25) is 0 Å². The molecule has 2 fully saturated rings. The van der Waals surface area contributed by atoms with Gasteiger partial charge in [-0.3, -0.25) is 9.59 Å². The minimum absolute atomic E-state index is 0.0322. The van der Waals surface area contributed by atoms with E-state index in [1.54, 1.807) is 0 Å². The first kappa shape index (κ1) is 15.8. The number of nitrogens with two attached hydrogens (primary N) is 1. The molecule has 1 aromatic carbocycles. The van der Waals surface area contributed by atoms with Gasteiger partial charge in [-0.25, -0.2) is 0 Å². The molecule has 2 heterocycles. The molecule has 3 rings (SSSR count). The third-order valence-corrected chi connectivity index (χ3v) is 4.82. The van der Waals surface area contributed by atoms with Crippen molar-refractivity contribution < 1.29 is 14.7 Å². The number of primary amides is 1. The van der Waals surface area contributed by atoms with E-state index in [4.69, 9.17) is 5.73 Å². The maximum Gasteiger partial charge on any atom is 0.256 e. The number of hydrogen-bond donors (Lipinski definition) is 2. The Labute approximate surface area is 135 Å². The highest BCUT2D eigenvalue weighted by atomic mass is 16.3. The SMILES string of the molecule is NC(=O)C1(O)CCN(C(=O)c2ccccc2N2CCCCC2)C1. The summed E-state index contributed by atoms with van der Waals surface area (Å²) in [6.07, 6.45) is 3.69. The molecule has 0 radical (unpaired) electrons. The van der Waals surface area contributed by atoms with E-state index >= 15 is 0 Å². The summed E-state index contributed by atoms with van der Waals surface area (Å²) >= 11 is 0. The fourth-order valence-electron chi connectivity index (χ4n) is 3.40. The number of rotatable bonds is 3. The number of benzene rings is 1. The number of likely N-dealkylation sites (tertiary alicyclic amines) is 1. The standard InChI is InChI=1S/C17H23N3O3/c18-16(22)17(23)8-11-20(12-17)15(21)13-6-2-3-7-14(13)19-9-4-1-5-10-19/h2-3,6-7,23H,1,4-5,8-12H2,(H2,18,22). The van der Waals surface area contributed by atoms with Gasteiger partial charge in [-0.05, 0) is 31.4 Å². The fourth-order valence-corrected chi connectivity index (χ4v) is 3.40. The second-order valence-corrected chi connectivity index (χ2v) is 6.44. The van der Waals surface area contributed by atoms with Gasteiger partial charge < -0.3 is 20.6 Å². The first-order chi connectivity index (χ1) is 11.0. The predicted molar refractivity (Wildman–Crippen MR) is 87.2 cm³/mol. The molecule has 0 aliphatic carbocycles. The van der Waals surface area contributed by atoms with Crippen molar-refractivity contribution in [3.63, 3.8) is 0 Å². The van der Waals surface area contributed by atoms with Crippen LogP contribution < -0.4 is 10.6 Å². The van der Waals surface area contributed by atoms with Gasteiger partial charge in [-0.2, -0.15) is 0 Å². The molecule has 23 heavy (non-hydrogen) atoms. The maximum atomic E-state index is 12.9. The summed E-state index contributed by atoms with van der Waals surface area (Å²) in [5, 5.41) is 10.2. The minimum atomic E-state index is -1.60. The fraction of sp³-hybridized carbons (Fsp3) is 0.529. The van der Waals surface area contributed by atoms with Crippen LogP contribution in [-0.2, 0) is 4.79 Å².